The predicted molar refractivity (Wildman–Crippen MR) is 77.8 cm³/mol. The highest BCUT2D eigenvalue weighted by Crippen LogP contribution is 2.16. The van der Waals surface area contributed by atoms with Crippen LogP contribution < -0.4 is 11.1 Å². The number of carbonyl (C=O) groups excluding carboxylic acids is 1. The highest BCUT2D eigenvalue weighted by Gasteiger charge is 2.06. The predicted octanol–water partition coefficient (Wildman–Crippen LogP) is 3.03. The van der Waals surface area contributed by atoms with Gasteiger partial charge in [0.1, 0.15) is 5.82 Å². The second-order valence-corrected chi connectivity index (χ2v) is 4.77. The van der Waals surface area contributed by atoms with Crippen molar-refractivity contribution >= 4 is 11.6 Å². The van der Waals surface area contributed by atoms with Crippen LogP contribution in [0.2, 0.25) is 0 Å². The van der Waals surface area contributed by atoms with E-state index >= 15 is 0 Å². The summed E-state index contributed by atoms with van der Waals surface area (Å²) in [5.74, 6) is -0.447. The molecule has 0 radical (unpaired) electrons. The first kappa shape index (κ1) is 14.2. The van der Waals surface area contributed by atoms with Crippen molar-refractivity contribution in [3.8, 4) is 0 Å². The molecule has 0 fully saturated rings. The molecule has 2 rings (SSSR count). The Kier molecular flexibility index (Phi) is 4.48. The molecule has 0 saturated heterocycles. The molecule has 4 heteroatoms. The molecule has 0 aromatic heterocycles. The third kappa shape index (κ3) is 3.90. The van der Waals surface area contributed by atoms with Gasteiger partial charge in [0.25, 0.3) is 0 Å². The molecule has 0 saturated carbocycles. The van der Waals surface area contributed by atoms with Gasteiger partial charge in [0.15, 0.2) is 0 Å². The molecule has 104 valence electrons. The molecule has 20 heavy (non-hydrogen) atoms. The van der Waals surface area contributed by atoms with Gasteiger partial charge in [-0.25, -0.2) is 4.39 Å². The lowest BCUT2D eigenvalue weighted by Crippen LogP contribution is -2.15. The topological polar surface area (TPSA) is 55.1 Å². The summed E-state index contributed by atoms with van der Waals surface area (Å²) < 4.78 is 12.8. The van der Waals surface area contributed by atoms with Crippen LogP contribution in [0.25, 0.3) is 0 Å². The van der Waals surface area contributed by atoms with Gasteiger partial charge in [-0.15, -0.1) is 0 Å². The Morgan fingerprint density at radius 1 is 1.25 bits per heavy atom. The van der Waals surface area contributed by atoms with Crippen LogP contribution in [0.3, 0.4) is 0 Å². The third-order valence-electron chi connectivity index (χ3n) is 2.97. The Morgan fingerprint density at radius 3 is 2.60 bits per heavy atom. The number of nitrogens with two attached hydrogens (primary N) is 1. The fourth-order valence-electron chi connectivity index (χ4n) is 1.89. The van der Waals surface area contributed by atoms with Gasteiger partial charge in [-0.3, -0.25) is 4.79 Å². The monoisotopic (exact) mass is 272 g/mol. The zero-order valence-corrected chi connectivity index (χ0v) is 11.3. The minimum atomic E-state index is -0.307. The van der Waals surface area contributed by atoms with Crippen molar-refractivity contribution in [3.05, 3.63) is 65.5 Å². The molecule has 0 aliphatic rings. The molecule has 2 aromatic carbocycles. The zero-order chi connectivity index (χ0) is 14.5. The van der Waals surface area contributed by atoms with E-state index in [9.17, 15) is 9.18 Å². The number of halogens is 1. The Balaban J connectivity index is 2.01. The molecule has 3 N–H and O–H groups in total. The minimum Gasteiger partial charge on any atom is -0.326 e. The van der Waals surface area contributed by atoms with Crippen LogP contribution in [0.4, 0.5) is 10.1 Å². The Labute approximate surface area is 117 Å². The first-order valence-corrected chi connectivity index (χ1v) is 6.44. The van der Waals surface area contributed by atoms with Crippen molar-refractivity contribution in [1.29, 1.82) is 0 Å². The SMILES string of the molecule is CC(N)c1cccc(NC(=O)Cc2ccc(F)cc2)c1. The maximum Gasteiger partial charge on any atom is 0.228 e. The lowest BCUT2D eigenvalue weighted by Gasteiger charge is -2.09. The van der Waals surface area contributed by atoms with Crippen molar-refractivity contribution in [2.45, 2.75) is 19.4 Å². The summed E-state index contributed by atoms with van der Waals surface area (Å²) in [6, 6.07) is 13.3. The van der Waals surface area contributed by atoms with Crippen LogP contribution in [-0.2, 0) is 11.2 Å². The van der Waals surface area contributed by atoms with E-state index in [0.717, 1.165) is 11.1 Å². The second-order valence-electron chi connectivity index (χ2n) is 4.77. The summed E-state index contributed by atoms with van der Waals surface area (Å²) in [5.41, 5.74) is 8.25. The highest BCUT2D eigenvalue weighted by molar-refractivity contribution is 5.92. The van der Waals surface area contributed by atoms with Crippen LogP contribution in [-0.4, -0.2) is 5.91 Å². The maximum absolute atomic E-state index is 12.8. The Morgan fingerprint density at radius 2 is 1.95 bits per heavy atom. The number of benzene rings is 2. The standard InChI is InChI=1S/C16H17FN2O/c1-11(18)13-3-2-4-15(10-13)19-16(20)9-12-5-7-14(17)8-6-12/h2-8,10-11H,9,18H2,1H3,(H,19,20). The number of carbonyl (C=O) groups is 1. The van der Waals surface area contributed by atoms with Gasteiger partial charge in [0.2, 0.25) is 5.91 Å². The lowest BCUT2D eigenvalue weighted by molar-refractivity contribution is -0.115. The number of amides is 1. The molecular weight excluding hydrogens is 255 g/mol. The van der Waals surface area contributed by atoms with Crippen LogP contribution in [0.1, 0.15) is 24.1 Å². The van der Waals surface area contributed by atoms with E-state index in [1.54, 1.807) is 12.1 Å². The first-order valence-electron chi connectivity index (χ1n) is 6.44. The van der Waals surface area contributed by atoms with Gasteiger partial charge in [0.05, 0.1) is 6.42 Å². The van der Waals surface area contributed by atoms with Crippen LogP contribution in [0.15, 0.2) is 48.5 Å². The fraction of sp³-hybridized carbons (Fsp3) is 0.188. The number of hydrogen-bond acceptors (Lipinski definition) is 2. The van der Waals surface area contributed by atoms with Crippen molar-refractivity contribution in [2.75, 3.05) is 5.32 Å². The number of hydrogen-bond donors (Lipinski definition) is 2. The summed E-state index contributed by atoms with van der Waals surface area (Å²) in [4.78, 5) is 11.9. The van der Waals surface area contributed by atoms with Gasteiger partial charge >= 0.3 is 0 Å². The average molecular weight is 272 g/mol. The molecule has 0 heterocycles. The number of nitrogens with one attached hydrogen (secondary N) is 1. The summed E-state index contributed by atoms with van der Waals surface area (Å²) >= 11 is 0. The molecular formula is C16H17FN2O. The van der Waals surface area contributed by atoms with Gasteiger partial charge < -0.3 is 11.1 Å². The fourth-order valence-corrected chi connectivity index (χ4v) is 1.89. The maximum atomic E-state index is 12.8. The van der Waals surface area contributed by atoms with E-state index in [1.165, 1.54) is 12.1 Å². The van der Waals surface area contributed by atoms with Crippen LogP contribution in [0, 0.1) is 5.82 Å². The van der Waals surface area contributed by atoms with Gasteiger partial charge in [-0.2, -0.15) is 0 Å². The molecule has 0 aliphatic carbocycles. The van der Waals surface area contributed by atoms with Gasteiger partial charge in [-0.05, 0) is 42.3 Å². The van der Waals surface area contributed by atoms with E-state index in [-0.39, 0.29) is 24.2 Å². The smallest absolute Gasteiger partial charge is 0.228 e. The quantitative estimate of drug-likeness (QED) is 0.898. The Hall–Kier alpha value is -2.20. The van der Waals surface area contributed by atoms with Gasteiger partial charge in [-0.1, -0.05) is 24.3 Å². The molecule has 1 amide bonds. The van der Waals surface area contributed by atoms with E-state index in [1.807, 2.05) is 31.2 Å². The summed E-state index contributed by atoms with van der Waals surface area (Å²) in [6.45, 7) is 1.89. The average Bonchev–Trinajstić information content (AvgIpc) is 2.41. The first-order chi connectivity index (χ1) is 9.54. The summed E-state index contributed by atoms with van der Waals surface area (Å²) in [7, 11) is 0. The zero-order valence-electron chi connectivity index (χ0n) is 11.3. The molecule has 0 bridgehead atoms. The third-order valence-corrected chi connectivity index (χ3v) is 2.97. The number of rotatable bonds is 4. The van der Waals surface area contributed by atoms with Gasteiger partial charge in [0, 0.05) is 11.7 Å². The summed E-state index contributed by atoms with van der Waals surface area (Å²) in [6.07, 6.45) is 0.211. The minimum absolute atomic E-state index is 0.0797. The molecule has 0 aliphatic heterocycles. The highest BCUT2D eigenvalue weighted by atomic mass is 19.1. The largest absolute Gasteiger partial charge is 0.326 e. The molecule has 2 aromatic rings. The molecule has 1 atom stereocenters. The van der Waals surface area contributed by atoms with E-state index in [2.05, 4.69) is 5.32 Å². The van der Waals surface area contributed by atoms with Crippen molar-refractivity contribution < 1.29 is 9.18 Å². The summed E-state index contributed by atoms with van der Waals surface area (Å²) in [5, 5.41) is 2.81. The van der Waals surface area contributed by atoms with Crippen molar-refractivity contribution in [3.63, 3.8) is 0 Å². The molecule has 3 nitrogen and oxygen atoms in total. The van der Waals surface area contributed by atoms with E-state index < -0.39 is 0 Å². The second kappa shape index (κ2) is 6.30. The lowest BCUT2D eigenvalue weighted by atomic mass is 10.1. The van der Waals surface area contributed by atoms with Crippen molar-refractivity contribution in [1.82, 2.24) is 0 Å². The van der Waals surface area contributed by atoms with Crippen LogP contribution in [0.5, 0.6) is 0 Å². The van der Waals surface area contributed by atoms with E-state index in [4.69, 9.17) is 5.73 Å². The Bertz CT molecular complexity index is 594. The normalized spacial score (nSPS) is 11.9. The number of anilines is 1. The molecule has 0 spiro atoms. The van der Waals surface area contributed by atoms with Crippen molar-refractivity contribution in [2.24, 2.45) is 5.73 Å². The van der Waals surface area contributed by atoms with Crippen LogP contribution >= 0.6 is 0 Å². The molecule has 1 unspecified atom stereocenters. The van der Waals surface area contributed by atoms with E-state index in [0.29, 0.717) is 5.69 Å².